The Morgan fingerprint density at radius 3 is 2.30 bits per heavy atom. The van der Waals surface area contributed by atoms with Crippen LogP contribution in [0.15, 0.2) is 40.6 Å². The Balaban J connectivity index is 2.26. The van der Waals surface area contributed by atoms with Crippen LogP contribution in [0.25, 0.3) is 0 Å². The predicted molar refractivity (Wildman–Crippen MR) is 87.2 cm³/mol. The van der Waals surface area contributed by atoms with Crippen molar-refractivity contribution in [2.75, 3.05) is 18.5 Å². The van der Waals surface area contributed by atoms with Crippen molar-refractivity contribution >= 4 is 38.4 Å². The van der Waals surface area contributed by atoms with E-state index in [1.54, 1.807) is 12.1 Å². The normalized spacial score (nSPS) is 10.9. The van der Waals surface area contributed by atoms with E-state index in [4.69, 9.17) is 0 Å². The van der Waals surface area contributed by atoms with E-state index in [1.807, 2.05) is 31.0 Å². The molecule has 0 radical (unpaired) electrons. The molecule has 0 atom stereocenters. The number of benzene rings is 1. The minimum absolute atomic E-state index is 0.101. The minimum Gasteiger partial charge on any atom is -0.375 e. The first kappa shape index (κ1) is 16.5. The van der Waals surface area contributed by atoms with E-state index < -0.39 is 15.5 Å². The number of anilines is 1. The lowest BCUT2D eigenvalue weighted by molar-refractivity contribution is -0.389. The van der Waals surface area contributed by atoms with Gasteiger partial charge in [-0.15, -0.1) is 10.2 Å². The minimum atomic E-state index is -0.711. The van der Waals surface area contributed by atoms with Gasteiger partial charge in [0, 0.05) is 19.3 Å². The van der Waals surface area contributed by atoms with E-state index in [1.165, 1.54) is 0 Å². The van der Waals surface area contributed by atoms with Crippen LogP contribution in [0, 0.1) is 20.2 Å². The van der Waals surface area contributed by atoms with Gasteiger partial charge >= 0.3 is 10.7 Å². The van der Waals surface area contributed by atoms with E-state index in [-0.39, 0.29) is 10.0 Å². The lowest BCUT2D eigenvalue weighted by Crippen LogP contribution is -2.15. The molecule has 0 unspecified atom stereocenters. The molecule has 0 aliphatic carbocycles. The van der Waals surface area contributed by atoms with E-state index in [0.717, 1.165) is 18.3 Å². The molecular formula is C13H13N5O4S. The zero-order valence-electron chi connectivity index (χ0n) is 12.4. The van der Waals surface area contributed by atoms with Crippen molar-refractivity contribution in [3.63, 3.8) is 0 Å². The Morgan fingerprint density at radius 2 is 1.78 bits per heavy atom. The lowest BCUT2D eigenvalue weighted by Gasteiger charge is -2.16. The fourth-order valence-corrected chi connectivity index (χ4v) is 2.47. The third kappa shape index (κ3) is 3.86. The molecule has 0 fully saturated rings. The second-order valence-corrected chi connectivity index (χ2v) is 5.53. The molecule has 9 nitrogen and oxygen atoms in total. The Kier molecular flexibility index (Phi) is 4.96. The molecule has 1 aromatic heterocycles. The van der Waals surface area contributed by atoms with Crippen molar-refractivity contribution in [3.8, 4) is 0 Å². The summed E-state index contributed by atoms with van der Waals surface area (Å²) < 4.78 is 0. The lowest BCUT2D eigenvalue weighted by atomic mass is 10.2. The van der Waals surface area contributed by atoms with Crippen LogP contribution in [0.5, 0.6) is 0 Å². The van der Waals surface area contributed by atoms with Crippen LogP contribution in [-0.2, 0) is 0 Å². The highest BCUT2D eigenvalue weighted by atomic mass is 32.1. The van der Waals surface area contributed by atoms with Crippen molar-refractivity contribution in [1.82, 2.24) is 0 Å². The van der Waals surface area contributed by atoms with Crippen LogP contribution in [-0.4, -0.2) is 23.4 Å². The van der Waals surface area contributed by atoms with Crippen LogP contribution in [0.4, 0.5) is 27.1 Å². The van der Waals surface area contributed by atoms with Gasteiger partial charge in [-0.1, -0.05) is 0 Å². The molecule has 0 amide bonds. The third-order valence-electron chi connectivity index (χ3n) is 3.08. The van der Waals surface area contributed by atoms with Crippen LogP contribution in [0.2, 0.25) is 0 Å². The summed E-state index contributed by atoms with van der Waals surface area (Å²) in [5.74, 6) is 0. The maximum atomic E-state index is 10.9. The van der Waals surface area contributed by atoms with Gasteiger partial charge in [-0.2, -0.15) is 0 Å². The molecule has 0 aliphatic rings. The highest BCUT2D eigenvalue weighted by Crippen LogP contribution is 2.41. The van der Waals surface area contributed by atoms with Gasteiger partial charge in [-0.25, -0.2) is 0 Å². The fourth-order valence-electron chi connectivity index (χ4n) is 1.71. The van der Waals surface area contributed by atoms with Crippen LogP contribution >= 0.6 is 11.3 Å². The van der Waals surface area contributed by atoms with Crippen molar-refractivity contribution in [2.24, 2.45) is 10.2 Å². The molecule has 0 saturated carbocycles. The average molecular weight is 335 g/mol. The molecule has 1 aromatic carbocycles. The topological polar surface area (TPSA) is 114 Å². The molecule has 0 N–H and O–H groups in total. The van der Waals surface area contributed by atoms with Crippen molar-refractivity contribution in [3.05, 3.63) is 50.6 Å². The molecule has 10 heteroatoms. The van der Waals surface area contributed by atoms with Crippen LogP contribution < -0.4 is 4.90 Å². The number of nitrogens with zero attached hydrogens (tertiary/aromatic N) is 5. The van der Waals surface area contributed by atoms with Gasteiger partial charge in [-0.3, -0.25) is 20.2 Å². The summed E-state index contributed by atoms with van der Waals surface area (Å²) in [7, 11) is 1.95. The summed E-state index contributed by atoms with van der Waals surface area (Å²) in [6, 6.07) is 8.03. The zero-order chi connectivity index (χ0) is 17.0. The summed E-state index contributed by atoms with van der Waals surface area (Å²) in [5.41, 5.74) is 1.08. The van der Waals surface area contributed by atoms with E-state index in [9.17, 15) is 20.2 Å². The summed E-state index contributed by atoms with van der Waals surface area (Å²) in [4.78, 5) is 22.3. The first-order valence-electron chi connectivity index (χ1n) is 6.58. The molecule has 0 spiro atoms. The predicted octanol–water partition coefficient (Wildman–Crippen LogP) is 4.44. The molecule has 0 aliphatic heterocycles. The van der Waals surface area contributed by atoms with Gasteiger partial charge in [0.1, 0.15) is 6.07 Å². The fraction of sp³-hybridized carbons (Fsp3) is 0.231. The van der Waals surface area contributed by atoms with E-state index in [2.05, 4.69) is 10.2 Å². The maximum absolute atomic E-state index is 10.9. The molecule has 120 valence electrons. The van der Waals surface area contributed by atoms with E-state index >= 15 is 0 Å². The van der Waals surface area contributed by atoms with Gasteiger partial charge in [0.25, 0.3) is 0 Å². The summed E-state index contributed by atoms with van der Waals surface area (Å²) in [6.45, 7) is 2.88. The Bertz CT molecular complexity index is 756. The number of hydrogen-bond acceptors (Lipinski definition) is 8. The Hall–Kier alpha value is -2.88. The molecular weight excluding hydrogens is 322 g/mol. The van der Waals surface area contributed by atoms with Gasteiger partial charge < -0.3 is 4.90 Å². The first-order valence-corrected chi connectivity index (χ1v) is 7.39. The molecule has 1 heterocycles. The standard InChI is InChI=1S/C13H13N5O4S/c1-3-16(2)10-6-4-9(5-7-10)14-15-13-11(17(19)20)8-12(23-13)18(21)22/h4-8H,3H2,1-2H3. The molecule has 23 heavy (non-hydrogen) atoms. The smallest absolute Gasteiger partial charge is 0.333 e. The number of nitro groups is 2. The first-order chi connectivity index (χ1) is 10.9. The maximum Gasteiger partial charge on any atom is 0.333 e. The highest BCUT2D eigenvalue weighted by molar-refractivity contribution is 7.19. The third-order valence-corrected chi connectivity index (χ3v) is 4.04. The summed E-state index contributed by atoms with van der Waals surface area (Å²) in [5, 5.41) is 28.9. The largest absolute Gasteiger partial charge is 0.375 e. The molecule has 0 bridgehead atoms. The van der Waals surface area contributed by atoms with Crippen LogP contribution in [0.1, 0.15) is 6.92 Å². The monoisotopic (exact) mass is 335 g/mol. The quantitative estimate of drug-likeness (QED) is 0.440. The Morgan fingerprint density at radius 1 is 1.13 bits per heavy atom. The number of thiophene rings is 1. The SMILES string of the molecule is CCN(C)c1ccc(N=Nc2sc([N+](=O)[O-])cc2[N+](=O)[O-])cc1. The molecule has 0 saturated heterocycles. The molecule has 2 rings (SSSR count). The van der Waals surface area contributed by atoms with Gasteiger partial charge in [0.05, 0.1) is 15.5 Å². The van der Waals surface area contributed by atoms with Gasteiger partial charge in [0.2, 0.25) is 5.00 Å². The highest BCUT2D eigenvalue weighted by Gasteiger charge is 2.25. The summed E-state index contributed by atoms with van der Waals surface area (Å²) >= 11 is 0.617. The zero-order valence-corrected chi connectivity index (χ0v) is 13.2. The van der Waals surface area contributed by atoms with Crippen molar-refractivity contribution in [2.45, 2.75) is 6.92 Å². The average Bonchev–Trinajstić information content (AvgIpc) is 2.97. The van der Waals surface area contributed by atoms with Crippen LogP contribution in [0.3, 0.4) is 0 Å². The van der Waals surface area contributed by atoms with Gasteiger partial charge in [-0.05, 0) is 42.5 Å². The van der Waals surface area contributed by atoms with Crippen molar-refractivity contribution in [1.29, 1.82) is 0 Å². The Labute approximate surface area is 135 Å². The number of rotatable bonds is 6. The second-order valence-electron chi connectivity index (χ2n) is 4.52. The van der Waals surface area contributed by atoms with Crippen molar-refractivity contribution < 1.29 is 9.85 Å². The van der Waals surface area contributed by atoms with Gasteiger partial charge in [0.15, 0.2) is 0 Å². The van der Waals surface area contributed by atoms with E-state index in [0.29, 0.717) is 17.0 Å². The second kappa shape index (κ2) is 6.92. The number of hydrogen-bond donors (Lipinski definition) is 0. The molecule has 2 aromatic rings. The number of azo groups is 1. The summed E-state index contributed by atoms with van der Waals surface area (Å²) in [6.07, 6.45) is 0.